The Morgan fingerprint density at radius 3 is 2.39 bits per heavy atom. The van der Waals surface area contributed by atoms with E-state index < -0.39 is 0 Å². The molecular formula is C26H31N3O4. The summed E-state index contributed by atoms with van der Waals surface area (Å²) in [5, 5.41) is 4.13. The van der Waals surface area contributed by atoms with Gasteiger partial charge in [0.2, 0.25) is 17.6 Å². The first-order valence-corrected chi connectivity index (χ1v) is 11.5. The van der Waals surface area contributed by atoms with Crippen molar-refractivity contribution in [3.8, 4) is 22.9 Å². The van der Waals surface area contributed by atoms with Gasteiger partial charge in [0.05, 0.1) is 18.6 Å². The second kappa shape index (κ2) is 10.1. The number of ether oxygens (including phenoxy) is 2. The van der Waals surface area contributed by atoms with Gasteiger partial charge in [-0.1, -0.05) is 31.1 Å². The molecule has 0 N–H and O–H groups in total. The predicted octanol–water partition coefficient (Wildman–Crippen LogP) is 5.07. The van der Waals surface area contributed by atoms with Gasteiger partial charge in [0, 0.05) is 25.1 Å². The first-order chi connectivity index (χ1) is 15.9. The molecule has 2 aromatic carbocycles. The summed E-state index contributed by atoms with van der Waals surface area (Å²) in [6, 6.07) is 15.5. The average molecular weight is 450 g/mol. The molecule has 1 atom stereocenters. The summed E-state index contributed by atoms with van der Waals surface area (Å²) in [7, 11) is 0. The van der Waals surface area contributed by atoms with E-state index in [-0.39, 0.29) is 17.9 Å². The van der Waals surface area contributed by atoms with Crippen LogP contribution in [0.5, 0.6) is 11.5 Å². The van der Waals surface area contributed by atoms with Crippen molar-refractivity contribution in [2.45, 2.75) is 52.7 Å². The van der Waals surface area contributed by atoms with E-state index in [0.29, 0.717) is 43.8 Å². The fourth-order valence-corrected chi connectivity index (χ4v) is 3.74. The van der Waals surface area contributed by atoms with Crippen LogP contribution < -0.4 is 9.47 Å². The Morgan fingerprint density at radius 2 is 1.73 bits per heavy atom. The van der Waals surface area contributed by atoms with Crippen LogP contribution in [0.15, 0.2) is 53.1 Å². The SMILES string of the molecule is CC(C)COc1ccc(-c2noc(C3CC(=O)N(Cc4ccc(OC(C)C)cc4)C3)n2)cc1. The largest absolute Gasteiger partial charge is 0.493 e. The molecule has 33 heavy (non-hydrogen) atoms. The van der Waals surface area contributed by atoms with Gasteiger partial charge >= 0.3 is 0 Å². The molecule has 1 aliphatic rings. The predicted molar refractivity (Wildman–Crippen MR) is 125 cm³/mol. The Hall–Kier alpha value is -3.35. The summed E-state index contributed by atoms with van der Waals surface area (Å²) in [6.07, 6.45) is 0.505. The maximum absolute atomic E-state index is 12.6. The molecule has 1 aliphatic heterocycles. The maximum atomic E-state index is 12.6. The lowest BCUT2D eigenvalue weighted by Gasteiger charge is -2.16. The van der Waals surface area contributed by atoms with Crippen LogP contribution >= 0.6 is 0 Å². The van der Waals surface area contributed by atoms with Gasteiger partial charge in [-0.25, -0.2) is 0 Å². The highest BCUT2D eigenvalue weighted by molar-refractivity contribution is 5.79. The van der Waals surface area contributed by atoms with E-state index in [4.69, 9.17) is 14.0 Å². The van der Waals surface area contributed by atoms with Gasteiger partial charge in [0.15, 0.2) is 0 Å². The number of benzene rings is 2. The number of rotatable bonds is 9. The summed E-state index contributed by atoms with van der Waals surface area (Å²) in [5.74, 6) is 3.13. The van der Waals surface area contributed by atoms with Gasteiger partial charge in [0.1, 0.15) is 11.5 Å². The van der Waals surface area contributed by atoms with Crippen LogP contribution in [0.2, 0.25) is 0 Å². The fourth-order valence-electron chi connectivity index (χ4n) is 3.74. The Balaban J connectivity index is 1.36. The molecule has 1 amide bonds. The molecule has 7 nitrogen and oxygen atoms in total. The number of hydrogen-bond donors (Lipinski definition) is 0. The molecule has 4 rings (SSSR count). The van der Waals surface area contributed by atoms with E-state index in [2.05, 4.69) is 24.0 Å². The zero-order valence-corrected chi connectivity index (χ0v) is 19.7. The van der Waals surface area contributed by atoms with Crippen LogP contribution in [-0.2, 0) is 11.3 Å². The molecular weight excluding hydrogens is 418 g/mol. The normalized spacial score (nSPS) is 16.1. The molecule has 1 fully saturated rings. The molecule has 0 spiro atoms. The Kier molecular flexibility index (Phi) is 6.96. The van der Waals surface area contributed by atoms with Crippen molar-refractivity contribution < 1.29 is 18.8 Å². The van der Waals surface area contributed by atoms with E-state index in [1.165, 1.54) is 0 Å². The van der Waals surface area contributed by atoms with Crippen LogP contribution in [0, 0.1) is 5.92 Å². The second-order valence-electron chi connectivity index (χ2n) is 9.17. The van der Waals surface area contributed by atoms with E-state index in [9.17, 15) is 4.79 Å². The summed E-state index contributed by atoms with van der Waals surface area (Å²) in [5.41, 5.74) is 1.91. The molecule has 0 bridgehead atoms. The summed E-state index contributed by atoms with van der Waals surface area (Å²) >= 11 is 0. The molecule has 0 aliphatic carbocycles. The fraction of sp³-hybridized carbons (Fsp3) is 0.423. The van der Waals surface area contributed by atoms with Gasteiger partial charge in [-0.3, -0.25) is 4.79 Å². The monoisotopic (exact) mass is 449 g/mol. The van der Waals surface area contributed by atoms with Gasteiger partial charge < -0.3 is 18.9 Å². The minimum atomic E-state index is -0.101. The molecule has 1 unspecified atom stereocenters. The number of hydrogen-bond acceptors (Lipinski definition) is 6. The number of nitrogens with zero attached hydrogens (tertiary/aromatic N) is 3. The summed E-state index contributed by atoms with van der Waals surface area (Å²) in [6.45, 7) is 10.0. The zero-order chi connectivity index (χ0) is 23.4. The van der Waals surface area contributed by atoms with Crippen molar-refractivity contribution in [1.29, 1.82) is 0 Å². The molecule has 2 heterocycles. The van der Waals surface area contributed by atoms with Gasteiger partial charge in [-0.05, 0) is 61.7 Å². The van der Waals surface area contributed by atoms with Crippen molar-refractivity contribution in [3.05, 3.63) is 60.0 Å². The van der Waals surface area contributed by atoms with Gasteiger partial charge in [0.25, 0.3) is 0 Å². The van der Waals surface area contributed by atoms with Crippen molar-refractivity contribution in [2.75, 3.05) is 13.2 Å². The summed E-state index contributed by atoms with van der Waals surface area (Å²) in [4.78, 5) is 19.0. The summed E-state index contributed by atoms with van der Waals surface area (Å²) < 4.78 is 16.9. The lowest BCUT2D eigenvalue weighted by atomic mass is 10.1. The number of likely N-dealkylation sites (tertiary alicyclic amines) is 1. The third-order valence-electron chi connectivity index (χ3n) is 5.37. The van der Waals surface area contributed by atoms with E-state index in [1.54, 1.807) is 0 Å². The number of carbonyl (C=O) groups excluding carboxylic acids is 1. The van der Waals surface area contributed by atoms with Crippen LogP contribution in [-0.4, -0.2) is 40.2 Å². The highest BCUT2D eigenvalue weighted by Gasteiger charge is 2.34. The molecule has 1 aromatic heterocycles. The number of aromatic nitrogens is 2. The maximum Gasteiger partial charge on any atom is 0.232 e. The van der Waals surface area contributed by atoms with Crippen LogP contribution in [0.25, 0.3) is 11.4 Å². The minimum Gasteiger partial charge on any atom is -0.493 e. The topological polar surface area (TPSA) is 77.7 Å². The standard InChI is InChI=1S/C26H31N3O4/c1-17(2)16-31-22-11-7-20(8-12-22)25-27-26(33-28-25)21-13-24(30)29(15-21)14-19-5-9-23(10-6-19)32-18(3)4/h5-12,17-18,21H,13-16H2,1-4H3. The van der Waals surface area contributed by atoms with Crippen LogP contribution in [0.4, 0.5) is 0 Å². The average Bonchev–Trinajstić information content (AvgIpc) is 3.41. The molecule has 7 heteroatoms. The number of carbonyl (C=O) groups is 1. The van der Waals surface area contributed by atoms with Gasteiger partial charge in [-0.15, -0.1) is 0 Å². The Morgan fingerprint density at radius 1 is 1.03 bits per heavy atom. The van der Waals surface area contributed by atoms with Crippen molar-refractivity contribution >= 4 is 5.91 Å². The third-order valence-corrected chi connectivity index (χ3v) is 5.37. The molecule has 3 aromatic rings. The second-order valence-corrected chi connectivity index (χ2v) is 9.17. The van der Waals surface area contributed by atoms with E-state index in [1.807, 2.05) is 67.3 Å². The lowest BCUT2D eigenvalue weighted by molar-refractivity contribution is -0.128. The third kappa shape index (κ3) is 5.92. The lowest BCUT2D eigenvalue weighted by Crippen LogP contribution is -2.24. The number of amides is 1. The highest BCUT2D eigenvalue weighted by atomic mass is 16.5. The van der Waals surface area contributed by atoms with Crippen molar-refractivity contribution in [3.63, 3.8) is 0 Å². The van der Waals surface area contributed by atoms with E-state index in [0.717, 1.165) is 22.6 Å². The minimum absolute atomic E-state index is 0.0916. The van der Waals surface area contributed by atoms with E-state index >= 15 is 0 Å². The molecule has 1 saturated heterocycles. The molecule has 174 valence electrons. The quantitative estimate of drug-likeness (QED) is 0.454. The molecule has 0 radical (unpaired) electrons. The van der Waals surface area contributed by atoms with Crippen molar-refractivity contribution in [1.82, 2.24) is 15.0 Å². The van der Waals surface area contributed by atoms with Crippen LogP contribution in [0.1, 0.15) is 51.5 Å². The Bertz CT molecular complexity index is 1060. The van der Waals surface area contributed by atoms with Gasteiger partial charge in [-0.2, -0.15) is 4.98 Å². The first-order valence-electron chi connectivity index (χ1n) is 11.5. The smallest absolute Gasteiger partial charge is 0.232 e. The molecule has 0 saturated carbocycles. The Labute approximate surface area is 194 Å². The zero-order valence-electron chi connectivity index (χ0n) is 19.7. The van der Waals surface area contributed by atoms with Crippen molar-refractivity contribution in [2.24, 2.45) is 5.92 Å². The van der Waals surface area contributed by atoms with Crippen LogP contribution in [0.3, 0.4) is 0 Å². The first kappa shape index (κ1) is 22.8. The highest BCUT2D eigenvalue weighted by Crippen LogP contribution is 2.30.